The third kappa shape index (κ3) is 2.97. The number of hydrogen-bond acceptors (Lipinski definition) is 6. The zero-order chi connectivity index (χ0) is 13.8. The van der Waals surface area contributed by atoms with Crippen molar-refractivity contribution in [1.29, 1.82) is 0 Å². The van der Waals surface area contributed by atoms with Crippen LogP contribution >= 0.6 is 0 Å². The summed E-state index contributed by atoms with van der Waals surface area (Å²) < 4.78 is 5.27. The summed E-state index contributed by atoms with van der Waals surface area (Å²) in [5.74, 6) is -1.11. The van der Waals surface area contributed by atoms with Crippen LogP contribution in [-0.2, 0) is 4.74 Å². The van der Waals surface area contributed by atoms with Crippen molar-refractivity contribution in [2.24, 2.45) is 0 Å². The van der Waals surface area contributed by atoms with Crippen LogP contribution in [-0.4, -0.2) is 47.3 Å². The summed E-state index contributed by atoms with van der Waals surface area (Å²) in [7, 11) is 0. The smallest absolute Gasteiger partial charge is 0.354 e. The van der Waals surface area contributed by atoms with Crippen LogP contribution in [0.1, 0.15) is 16.9 Å². The molecule has 1 aliphatic rings. The van der Waals surface area contributed by atoms with Gasteiger partial charge >= 0.3 is 11.7 Å². The molecule has 0 unspecified atom stereocenters. The van der Waals surface area contributed by atoms with Gasteiger partial charge in [-0.1, -0.05) is 0 Å². The first-order valence-corrected chi connectivity index (χ1v) is 5.81. The van der Waals surface area contributed by atoms with Gasteiger partial charge in [0.15, 0.2) is 5.69 Å². The molecule has 0 amide bonds. The molecule has 19 heavy (non-hydrogen) atoms. The monoisotopic (exact) mass is 267 g/mol. The predicted molar refractivity (Wildman–Crippen MR) is 65.5 cm³/mol. The first-order valence-electron chi connectivity index (χ1n) is 5.81. The molecule has 102 valence electrons. The van der Waals surface area contributed by atoms with Crippen molar-refractivity contribution in [2.45, 2.75) is 6.42 Å². The Morgan fingerprint density at radius 3 is 2.89 bits per heavy atom. The first kappa shape index (κ1) is 13.2. The Labute approximate surface area is 108 Å². The molecule has 8 nitrogen and oxygen atoms in total. The Morgan fingerprint density at radius 1 is 1.42 bits per heavy atom. The van der Waals surface area contributed by atoms with E-state index in [2.05, 4.69) is 4.98 Å². The van der Waals surface area contributed by atoms with Crippen molar-refractivity contribution in [1.82, 2.24) is 4.98 Å². The number of nitrogens with zero attached hydrogens (tertiary/aromatic N) is 3. The number of carbonyl (C=O) groups is 1. The average molecular weight is 267 g/mol. The van der Waals surface area contributed by atoms with E-state index in [0.717, 1.165) is 12.5 Å². The molecule has 0 atom stereocenters. The highest BCUT2D eigenvalue weighted by Crippen LogP contribution is 2.26. The lowest BCUT2D eigenvalue weighted by molar-refractivity contribution is -0.384. The van der Waals surface area contributed by atoms with Crippen LogP contribution < -0.4 is 4.90 Å². The van der Waals surface area contributed by atoms with Gasteiger partial charge in [0.2, 0.25) is 5.82 Å². The Morgan fingerprint density at radius 2 is 2.21 bits per heavy atom. The number of carboxylic acid groups (broad SMARTS) is 1. The summed E-state index contributed by atoms with van der Waals surface area (Å²) in [6.45, 7) is 2.03. The van der Waals surface area contributed by atoms with Gasteiger partial charge in [0.05, 0.1) is 11.5 Å². The number of ether oxygens (including phenoxy) is 1. The molecule has 1 aliphatic heterocycles. The molecular formula is C11H13N3O5. The number of anilines is 1. The quantitative estimate of drug-likeness (QED) is 0.640. The van der Waals surface area contributed by atoms with E-state index in [-0.39, 0.29) is 17.2 Å². The van der Waals surface area contributed by atoms with Crippen LogP contribution in [0.5, 0.6) is 0 Å². The lowest BCUT2D eigenvalue weighted by atomic mass is 10.3. The van der Waals surface area contributed by atoms with E-state index >= 15 is 0 Å². The molecule has 0 bridgehead atoms. The molecule has 2 rings (SSSR count). The van der Waals surface area contributed by atoms with Crippen LogP contribution in [0, 0.1) is 10.1 Å². The standard InChI is InChI=1S/C11H13N3O5/c15-11(16)8-2-3-9(14(17)18)10(12-8)13-4-1-6-19-7-5-13/h2-3H,1,4-7H2,(H,15,16). The van der Waals surface area contributed by atoms with E-state index in [1.54, 1.807) is 4.90 Å². The zero-order valence-corrected chi connectivity index (χ0v) is 10.1. The van der Waals surface area contributed by atoms with Crippen molar-refractivity contribution in [2.75, 3.05) is 31.2 Å². The second kappa shape index (κ2) is 5.61. The number of aromatic nitrogens is 1. The molecule has 1 saturated heterocycles. The highest BCUT2D eigenvalue weighted by molar-refractivity contribution is 5.86. The Kier molecular flexibility index (Phi) is 3.91. The van der Waals surface area contributed by atoms with Gasteiger partial charge in [-0.05, 0) is 12.5 Å². The molecule has 1 N–H and O–H groups in total. The molecule has 0 saturated carbocycles. The van der Waals surface area contributed by atoms with E-state index < -0.39 is 10.9 Å². The van der Waals surface area contributed by atoms with Gasteiger partial charge in [-0.15, -0.1) is 0 Å². The van der Waals surface area contributed by atoms with E-state index in [0.29, 0.717) is 26.3 Å². The Bertz CT molecular complexity index is 497. The van der Waals surface area contributed by atoms with Crippen molar-refractivity contribution in [3.8, 4) is 0 Å². The maximum atomic E-state index is 11.0. The molecule has 0 spiro atoms. The maximum absolute atomic E-state index is 11.0. The summed E-state index contributed by atoms with van der Waals surface area (Å²) in [5, 5.41) is 19.9. The molecule has 1 fully saturated rings. The van der Waals surface area contributed by atoms with Crippen molar-refractivity contribution < 1.29 is 19.6 Å². The number of hydrogen-bond donors (Lipinski definition) is 1. The highest BCUT2D eigenvalue weighted by Gasteiger charge is 2.24. The van der Waals surface area contributed by atoms with E-state index in [1.165, 1.54) is 6.07 Å². The molecule has 8 heteroatoms. The van der Waals surface area contributed by atoms with E-state index in [1.807, 2.05) is 0 Å². The molecule has 0 radical (unpaired) electrons. The highest BCUT2D eigenvalue weighted by atomic mass is 16.6. The second-order valence-corrected chi connectivity index (χ2v) is 4.05. The summed E-state index contributed by atoms with van der Waals surface area (Å²) in [5.41, 5.74) is -0.391. The van der Waals surface area contributed by atoms with Crippen LogP contribution in [0.15, 0.2) is 12.1 Å². The third-order valence-electron chi connectivity index (χ3n) is 2.79. The largest absolute Gasteiger partial charge is 0.477 e. The maximum Gasteiger partial charge on any atom is 0.354 e. The fraction of sp³-hybridized carbons (Fsp3) is 0.455. The predicted octanol–water partition coefficient (Wildman–Crippen LogP) is 0.915. The van der Waals surface area contributed by atoms with Gasteiger partial charge in [-0.25, -0.2) is 9.78 Å². The fourth-order valence-corrected chi connectivity index (χ4v) is 1.89. The Balaban J connectivity index is 2.41. The lowest BCUT2D eigenvalue weighted by Crippen LogP contribution is -2.28. The summed E-state index contributed by atoms with van der Waals surface area (Å²) in [6.07, 6.45) is 0.718. The number of rotatable bonds is 3. The van der Waals surface area contributed by atoms with E-state index in [4.69, 9.17) is 9.84 Å². The topological polar surface area (TPSA) is 106 Å². The van der Waals surface area contributed by atoms with Crippen molar-refractivity contribution in [3.63, 3.8) is 0 Å². The van der Waals surface area contributed by atoms with Gasteiger partial charge in [-0.2, -0.15) is 0 Å². The SMILES string of the molecule is O=C(O)c1ccc([N+](=O)[O-])c(N2CCCOCC2)n1. The summed E-state index contributed by atoms with van der Waals surface area (Å²) >= 11 is 0. The fourth-order valence-electron chi connectivity index (χ4n) is 1.89. The van der Waals surface area contributed by atoms with E-state index in [9.17, 15) is 14.9 Å². The Hall–Kier alpha value is -2.22. The molecule has 0 aliphatic carbocycles. The van der Waals surface area contributed by atoms with Crippen LogP contribution in [0.25, 0.3) is 0 Å². The molecule has 1 aromatic rings. The van der Waals surface area contributed by atoms with Crippen molar-refractivity contribution in [3.05, 3.63) is 27.9 Å². The van der Waals surface area contributed by atoms with Crippen LogP contribution in [0.2, 0.25) is 0 Å². The van der Waals surface area contributed by atoms with Crippen molar-refractivity contribution >= 4 is 17.5 Å². The van der Waals surface area contributed by atoms with Gasteiger partial charge in [0.25, 0.3) is 0 Å². The first-order chi connectivity index (χ1) is 9.09. The minimum atomic E-state index is -1.21. The van der Waals surface area contributed by atoms with Gasteiger partial charge in [0.1, 0.15) is 0 Å². The minimum absolute atomic E-state index is 0.0930. The van der Waals surface area contributed by atoms with Gasteiger partial charge in [-0.3, -0.25) is 10.1 Å². The number of carboxylic acids is 1. The normalized spacial score (nSPS) is 15.9. The van der Waals surface area contributed by atoms with Gasteiger partial charge < -0.3 is 14.7 Å². The number of aromatic carboxylic acids is 1. The zero-order valence-electron chi connectivity index (χ0n) is 10.1. The summed E-state index contributed by atoms with van der Waals surface area (Å²) in [6, 6.07) is 2.32. The van der Waals surface area contributed by atoms with Crippen LogP contribution in [0.4, 0.5) is 11.5 Å². The minimum Gasteiger partial charge on any atom is -0.477 e. The number of pyridine rings is 1. The molecule has 1 aromatic heterocycles. The van der Waals surface area contributed by atoms with Gasteiger partial charge in [0, 0.05) is 25.8 Å². The van der Waals surface area contributed by atoms with Crippen LogP contribution in [0.3, 0.4) is 0 Å². The summed E-state index contributed by atoms with van der Waals surface area (Å²) in [4.78, 5) is 26.9. The molecular weight excluding hydrogens is 254 g/mol. The lowest BCUT2D eigenvalue weighted by Gasteiger charge is -2.20. The average Bonchev–Trinajstić information content (AvgIpc) is 2.66. The molecule has 0 aromatic carbocycles. The third-order valence-corrected chi connectivity index (χ3v) is 2.79. The second-order valence-electron chi connectivity index (χ2n) is 4.05. The number of nitro groups is 1. The molecule has 2 heterocycles.